The molecule has 0 aliphatic rings. The number of H-pyrrole nitrogens is 1. The van der Waals surface area contributed by atoms with Crippen LogP contribution < -0.4 is 10.9 Å². The van der Waals surface area contributed by atoms with Crippen LogP contribution in [0.25, 0.3) is 10.8 Å². The van der Waals surface area contributed by atoms with E-state index in [0.29, 0.717) is 17.2 Å². The molecule has 1 aromatic carbocycles. The molecule has 0 unspecified atom stereocenters. The van der Waals surface area contributed by atoms with Crippen LogP contribution in [0.1, 0.15) is 28.7 Å². The number of benzene rings is 1. The molecule has 0 saturated carbocycles. The smallest absolute Gasteiger partial charge is 0.272 e. The summed E-state index contributed by atoms with van der Waals surface area (Å²) in [6, 6.07) is 10.7. The van der Waals surface area contributed by atoms with E-state index in [1.54, 1.807) is 30.5 Å². The maximum atomic E-state index is 12.5. The fourth-order valence-electron chi connectivity index (χ4n) is 2.65. The molecule has 0 saturated heterocycles. The molecule has 24 heavy (non-hydrogen) atoms. The summed E-state index contributed by atoms with van der Waals surface area (Å²) in [5, 5.41) is 10.2. The van der Waals surface area contributed by atoms with Crippen LogP contribution in [0.3, 0.4) is 0 Å². The Labute approximate surface area is 138 Å². The summed E-state index contributed by atoms with van der Waals surface area (Å²) in [4.78, 5) is 28.7. The van der Waals surface area contributed by atoms with Crippen molar-refractivity contribution in [2.24, 2.45) is 0 Å². The number of hydrogen-bond acceptors (Lipinski definition) is 4. The Hall–Kier alpha value is -3.02. The summed E-state index contributed by atoms with van der Waals surface area (Å²) in [6.45, 7) is 3.91. The summed E-state index contributed by atoms with van der Waals surface area (Å²) in [7, 11) is 0. The van der Waals surface area contributed by atoms with Crippen LogP contribution >= 0.6 is 0 Å². The van der Waals surface area contributed by atoms with E-state index in [0.717, 1.165) is 11.3 Å². The zero-order valence-electron chi connectivity index (χ0n) is 13.5. The fraction of sp³-hybridized carbons (Fsp3) is 0.222. The van der Waals surface area contributed by atoms with E-state index in [1.165, 1.54) is 0 Å². The molecule has 0 radical (unpaired) electrons. The van der Waals surface area contributed by atoms with Gasteiger partial charge in [0, 0.05) is 29.7 Å². The van der Waals surface area contributed by atoms with Crippen LogP contribution in [0.2, 0.25) is 0 Å². The van der Waals surface area contributed by atoms with Gasteiger partial charge in [-0.15, -0.1) is 0 Å². The number of aryl methyl sites for hydroxylation is 1. The molecule has 3 aromatic rings. The maximum Gasteiger partial charge on any atom is 0.272 e. The van der Waals surface area contributed by atoms with E-state index in [-0.39, 0.29) is 23.2 Å². The number of pyridine rings is 1. The van der Waals surface area contributed by atoms with Crippen molar-refractivity contribution in [2.75, 3.05) is 0 Å². The largest absolute Gasteiger partial charge is 0.348 e. The second-order valence-corrected chi connectivity index (χ2v) is 5.79. The molecule has 0 aliphatic carbocycles. The van der Waals surface area contributed by atoms with Gasteiger partial charge in [-0.25, -0.2) is 5.10 Å². The molecule has 0 spiro atoms. The van der Waals surface area contributed by atoms with E-state index in [9.17, 15) is 9.59 Å². The first kappa shape index (κ1) is 15.9. The number of rotatable bonds is 4. The topological polar surface area (TPSA) is 87.7 Å². The van der Waals surface area contributed by atoms with E-state index in [2.05, 4.69) is 20.5 Å². The Morgan fingerprint density at radius 2 is 1.96 bits per heavy atom. The van der Waals surface area contributed by atoms with E-state index < -0.39 is 0 Å². The predicted octanol–water partition coefficient (Wildman–Crippen LogP) is 1.99. The standard InChI is InChI=1S/C18H18N4O2/c1-11-6-5-9-19-15(11)10-12(2)20-18(24)16-13-7-3-4-8-14(13)17(23)22-21-16/h3-9,12H,10H2,1-2H3,(H,20,24)(H,22,23)/t12-/m1/s1. The first-order valence-corrected chi connectivity index (χ1v) is 7.75. The number of amides is 1. The van der Waals surface area contributed by atoms with Crippen molar-refractivity contribution in [1.82, 2.24) is 20.5 Å². The zero-order chi connectivity index (χ0) is 17.1. The average Bonchev–Trinajstić information content (AvgIpc) is 2.57. The van der Waals surface area contributed by atoms with Crippen molar-refractivity contribution in [3.63, 3.8) is 0 Å². The highest BCUT2D eigenvalue weighted by molar-refractivity contribution is 6.04. The number of carbonyl (C=O) groups excluding carboxylic acids is 1. The van der Waals surface area contributed by atoms with E-state index in [4.69, 9.17) is 0 Å². The number of aromatic nitrogens is 3. The monoisotopic (exact) mass is 322 g/mol. The van der Waals surface area contributed by atoms with Crippen LogP contribution in [0.15, 0.2) is 47.4 Å². The minimum atomic E-state index is -0.316. The minimum absolute atomic E-state index is 0.112. The molecule has 2 N–H and O–H groups in total. The third-order valence-electron chi connectivity index (χ3n) is 3.91. The third kappa shape index (κ3) is 3.17. The van der Waals surface area contributed by atoms with Gasteiger partial charge in [-0.3, -0.25) is 14.6 Å². The molecule has 6 nitrogen and oxygen atoms in total. The summed E-state index contributed by atoms with van der Waals surface area (Å²) in [5.74, 6) is -0.316. The minimum Gasteiger partial charge on any atom is -0.348 e. The van der Waals surface area contributed by atoms with E-state index >= 15 is 0 Å². The van der Waals surface area contributed by atoms with Gasteiger partial charge in [-0.1, -0.05) is 24.3 Å². The molecule has 3 rings (SSSR count). The Morgan fingerprint density at radius 1 is 1.21 bits per heavy atom. The highest BCUT2D eigenvalue weighted by atomic mass is 16.2. The highest BCUT2D eigenvalue weighted by Gasteiger charge is 2.16. The van der Waals surface area contributed by atoms with Crippen molar-refractivity contribution in [1.29, 1.82) is 0 Å². The molecule has 0 aliphatic heterocycles. The lowest BCUT2D eigenvalue weighted by Crippen LogP contribution is -2.35. The fourth-order valence-corrected chi connectivity index (χ4v) is 2.65. The van der Waals surface area contributed by atoms with Gasteiger partial charge in [-0.05, 0) is 31.5 Å². The molecule has 6 heteroatoms. The predicted molar refractivity (Wildman–Crippen MR) is 92.0 cm³/mol. The number of fused-ring (bicyclic) bond motifs is 1. The van der Waals surface area contributed by atoms with E-state index in [1.807, 2.05) is 26.0 Å². The molecule has 1 amide bonds. The molecular weight excluding hydrogens is 304 g/mol. The zero-order valence-corrected chi connectivity index (χ0v) is 13.5. The molecule has 0 bridgehead atoms. The lowest BCUT2D eigenvalue weighted by Gasteiger charge is -2.15. The van der Waals surface area contributed by atoms with Crippen LogP contribution in [0.5, 0.6) is 0 Å². The Kier molecular flexibility index (Phi) is 4.37. The lowest BCUT2D eigenvalue weighted by atomic mass is 10.1. The maximum absolute atomic E-state index is 12.5. The van der Waals surface area contributed by atoms with Crippen LogP contribution in [0, 0.1) is 6.92 Å². The number of hydrogen-bond donors (Lipinski definition) is 2. The van der Waals surface area contributed by atoms with Gasteiger partial charge in [0.05, 0.1) is 5.39 Å². The van der Waals surface area contributed by atoms with Gasteiger partial charge < -0.3 is 5.32 Å². The van der Waals surface area contributed by atoms with Crippen LogP contribution in [-0.4, -0.2) is 27.1 Å². The summed E-state index contributed by atoms with van der Waals surface area (Å²) in [6.07, 6.45) is 2.37. The van der Waals surface area contributed by atoms with Crippen molar-refractivity contribution in [3.8, 4) is 0 Å². The first-order chi connectivity index (χ1) is 11.6. The Morgan fingerprint density at radius 3 is 2.71 bits per heavy atom. The average molecular weight is 322 g/mol. The molecule has 122 valence electrons. The number of carbonyl (C=O) groups is 1. The van der Waals surface area contributed by atoms with Crippen LogP contribution in [0.4, 0.5) is 0 Å². The highest BCUT2D eigenvalue weighted by Crippen LogP contribution is 2.13. The quantitative estimate of drug-likeness (QED) is 0.769. The molecule has 0 fully saturated rings. The lowest BCUT2D eigenvalue weighted by molar-refractivity contribution is 0.0935. The normalized spacial score (nSPS) is 12.1. The Balaban J connectivity index is 1.82. The van der Waals surface area contributed by atoms with Crippen molar-refractivity contribution >= 4 is 16.7 Å². The molecule has 2 heterocycles. The van der Waals surface area contributed by atoms with Crippen LogP contribution in [-0.2, 0) is 6.42 Å². The van der Waals surface area contributed by atoms with Crippen molar-refractivity contribution in [2.45, 2.75) is 26.3 Å². The van der Waals surface area contributed by atoms with Gasteiger partial charge in [0.2, 0.25) is 0 Å². The number of nitrogens with one attached hydrogen (secondary N) is 2. The van der Waals surface area contributed by atoms with Gasteiger partial charge in [-0.2, -0.15) is 5.10 Å². The van der Waals surface area contributed by atoms with Gasteiger partial charge in [0.25, 0.3) is 11.5 Å². The number of nitrogens with zero attached hydrogens (tertiary/aromatic N) is 2. The van der Waals surface area contributed by atoms with Gasteiger partial charge >= 0.3 is 0 Å². The SMILES string of the molecule is Cc1cccnc1C[C@@H](C)NC(=O)c1n[nH]c(=O)c2ccccc12. The summed E-state index contributed by atoms with van der Waals surface area (Å²) < 4.78 is 0. The first-order valence-electron chi connectivity index (χ1n) is 7.75. The van der Waals surface area contributed by atoms with Gasteiger partial charge in [0.15, 0.2) is 5.69 Å². The number of aromatic amines is 1. The summed E-state index contributed by atoms with van der Waals surface area (Å²) in [5.41, 5.74) is 1.95. The Bertz CT molecular complexity index is 949. The molecule has 2 aromatic heterocycles. The van der Waals surface area contributed by atoms with Crippen molar-refractivity contribution < 1.29 is 4.79 Å². The molecular formula is C18H18N4O2. The molecule has 1 atom stereocenters. The summed E-state index contributed by atoms with van der Waals surface area (Å²) >= 11 is 0. The second-order valence-electron chi connectivity index (χ2n) is 5.79. The second kappa shape index (κ2) is 6.62. The van der Waals surface area contributed by atoms with Gasteiger partial charge in [0.1, 0.15) is 0 Å². The third-order valence-corrected chi connectivity index (χ3v) is 3.91. The van der Waals surface area contributed by atoms with Crippen molar-refractivity contribution in [3.05, 3.63) is 69.9 Å².